The van der Waals surface area contributed by atoms with Gasteiger partial charge in [0.2, 0.25) is 0 Å². The normalized spacial score (nSPS) is 11.9. The summed E-state index contributed by atoms with van der Waals surface area (Å²) in [5.41, 5.74) is 2.60. The molecule has 0 nitrogen and oxygen atoms in total. The number of hydrogen-bond donors (Lipinski definition) is 0. The highest BCUT2D eigenvalue weighted by atomic mass is 32.4. The minimum Gasteiger partial charge on any atom is -0.115 e. The van der Waals surface area contributed by atoms with Crippen molar-refractivity contribution in [2.75, 3.05) is 0 Å². The van der Waals surface area contributed by atoms with Crippen LogP contribution in [0, 0.1) is 12.1 Å². The summed E-state index contributed by atoms with van der Waals surface area (Å²) in [6.07, 6.45) is 5.20. The Labute approximate surface area is 66.7 Å². The van der Waals surface area contributed by atoms with Gasteiger partial charge in [-0.3, -0.25) is 0 Å². The largest absolute Gasteiger partial charge is 0.115 e. The van der Waals surface area contributed by atoms with Crippen molar-refractivity contribution >= 4 is 23.8 Å². The first-order chi connectivity index (χ1) is 4.84. The van der Waals surface area contributed by atoms with Crippen LogP contribution in [0.25, 0.3) is 0 Å². The predicted molar refractivity (Wildman–Crippen MR) is 50.6 cm³/mol. The van der Waals surface area contributed by atoms with E-state index in [1.165, 1.54) is 0 Å². The predicted octanol–water partition coefficient (Wildman–Crippen LogP) is 1.58. The van der Waals surface area contributed by atoms with Crippen molar-refractivity contribution in [2.24, 2.45) is 0 Å². The molecule has 1 unspecified atom stereocenters. The van der Waals surface area contributed by atoms with Gasteiger partial charge in [0.15, 0.2) is 0 Å². The highest BCUT2D eigenvalue weighted by Gasteiger charge is 1.90. The molecule has 0 N–H and O–H groups in total. The third-order valence-corrected chi connectivity index (χ3v) is 3.35. The van der Waals surface area contributed by atoms with E-state index in [-0.39, 0.29) is 0 Å². The summed E-state index contributed by atoms with van der Waals surface area (Å²) < 4.78 is 0. The molecule has 0 aliphatic heterocycles. The van der Waals surface area contributed by atoms with E-state index in [0.717, 1.165) is 5.30 Å². The zero-order chi connectivity index (χ0) is 7.40. The smallest absolute Gasteiger partial charge is 0.0386 e. The summed E-state index contributed by atoms with van der Waals surface area (Å²) in [6, 6.07) is 9.86. The summed E-state index contributed by atoms with van der Waals surface area (Å²) in [7, 11) is 0. The Bertz CT molecular complexity index is 271. The standard InChI is InChI=1S/C8H7PS/c1-2-9(10)8-6-4-3-5-7-8/h1,3-7,9H. The van der Waals surface area contributed by atoms with Crippen LogP contribution in [0.2, 0.25) is 0 Å². The molecule has 1 aromatic carbocycles. The van der Waals surface area contributed by atoms with Gasteiger partial charge in [-0.05, 0) is 5.30 Å². The average molecular weight is 166 g/mol. The Morgan fingerprint density at radius 1 is 1.30 bits per heavy atom. The van der Waals surface area contributed by atoms with Gasteiger partial charge in [0, 0.05) is 6.70 Å². The molecule has 2 heteroatoms. The van der Waals surface area contributed by atoms with Gasteiger partial charge in [-0.2, -0.15) is 0 Å². The molecular weight excluding hydrogens is 159 g/mol. The van der Waals surface area contributed by atoms with Gasteiger partial charge in [-0.25, -0.2) is 0 Å². The van der Waals surface area contributed by atoms with Crippen molar-refractivity contribution < 1.29 is 0 Å². The molecule has 0 heterocycles. The van der Waals surface area contributed by atoms with Crippen LogP contribution in [0.5, 0.6) is 0 Å². The first-order valence-electron chi connectivity index (χ1n) is 2.90. The molecule has 1 aromatic rings. The molecule has 1 atom stereocenters. The van der Waals surface area contributed by atoms with Crippen molar-refractivity contribution in [3.8, 4) is 12.1 Å². The van der Waals surface area contributed by atoms with E-state index in [0.29, 0.717) is 0 Å². The second-order valence-electron chi connectivity index (χ2n) is 1.84. The Kier molecular flexibility index (Phi) is 2.68. The second kappa shape index (κ2) is 3.56. The Balaban J connectivity index is 2.99. The first-order valence-corrected chi connectivity index (χ1v) is 5.54. The lowest BCUT2D eigenvalue weighted by atomic mass is 10.4. The molecule has 0 saturated heterocycles. The Morgan fingerprint density at radius 3 is 2.40 bits per heavy atom. The molecule has 0 spiro atoms. The quantitative estimate of drug-likeness (QED) is 0.451. The third kappa shape index (κ3) is 1.70. The van der Waals surface area contributed by atoms with E-state index < -0.39 is 6.70 Å². The molecule has 0 saturated carbocycles. The van der Waals surface area contributed by atoms with E-state index in [2.05, 4.69) is 5.66 Å². The molecule has 0 aliphatic rings. The maximum Gasteiger partial charge on any atom is 0.0386 e. The van der Waals surface area contributed by atoms with Crippen LogP contribution in [0.3, 0.4) is 0 Å². The Morgan fingerprint density at radius 2 is 1.90 bits per heavy atom. The minimum absolute atomic E-state index is 1.10. The van der Waals surface area contributed by atoms with Crippen molar-refractivity contribution in [1.82, 2.24) is 0 Å². The van der Waals surface area contributed by atoms with Crippen LogP contribution >= 0.6 is 6.70 Å². The molecule has 0 bridgehead atoms. The molecule has 0 fully saturated rings. The number of hydrogen-bond acceptors (Lipinski definition) is 1. The van der Waals surface area contributed by atoms with E-state index in [4.69, 9.17) is 18.2 Å². The number of rotatable bonds is 1. The molecule has 0 radical (unpaired) electrons. The van der Waals surface area contributed by atoms with Crippen LogP contribution < -0.4 is 5.30 Å². The topological polar surface area (TPSA) is 0 Å². The van der Waals surface area contributed by atoms with Gasteiger partial charge in [-0.1, -0.05) is 47.8 Å². The van der Waals surface area contributed by atoms with Crippen molar-refractivity contribution in [3.05, 3.63) is 30.3 Å². The van der Waals surface area contributed by atoms with Gasteiger partial charge in [-0.15, -0.1) is 6.42 Å². The summed E-state index contributed by atoms with van der Waals surface area (Å²) in [5, 5.41) is 1.13. The van der Waals surface area contributed by atoms with Crippen LogP contribution in [-0.4, -0.2) is 0 Å². The molecular formula is C8H7PS. The zero-order valence-electron chi connectivity index (χ0n) is 5.37. The number of terminal acetylenes is 1. The van der Waals surface area contributed by atoms with Crippen LogP contribution in [0.15, 0.2) is 30.3 Å². The lowest BCUT2D eigenvalue weighted by molar-refractivity contribution is 1.78. The number of benzene rings is 1. The molecule has 0 amide bonds. The molecule has 10 heavy (non-hydrogen) atoms. The van der Waals surface area contributed by atoms with E-state index >= 15 is 0 Å². The fourth-order valence-electron chi connectivity index (χ4n) is 0.673. The average Bonchev–Trinajstić information content (AvgIpc) is 2.05. The molecule has 0 aliphatic carbocycles. The summed E-state index contributed by atoms with van der Waals surface area (Å²) >= 11 is 5.07. The monoisotopic (exact) mass is 166 g/mol. The molecule has 50 valence electrons. The second-order valence-corrected chi connectivity index (χ2v) is 4.59. The summed E-state index contributed by atoms with van der Waals surface area (Å²) in [5.74, 6) is 0. The van der Waals surface area contributed by atoms with Gasteiger partial charge in [0.25, 0.3) is 0 Å². The van der Waals surface area contributed by atoms with Crippen LogP contribution in [0.1, 0.15) is 0 Å². The lowest BCUT2D eigenvalue weighted by Crippen LogP contribution is -1.90. The third-order valence-electron chi connectivity index (χ3n) is 1.17. The lowest BCUT2D eigenvalue weighted by Gasteiger charge is -1.93. The minimum atomic E-state index is -1.10. The van der Waals surface area contributed by atoms with Crippen LogP contribution in [0.4, 0.5) is 0 Å². The van der Waals surface area contributed by atoms with E-state index in [1.807, 2.05) is 30.3 Å². The highest BCUT2D eigenvalue weighted by Crippen LogP contribution is 2.15. The summed E-state index contributed by atoms with van der Waals surface area (Å²) in [4.78, 5) is 0. The van der Waals surface area contributed by atoms with E-state index in [1.54, 1.807) is 0 Å². The van der Waals surface area contributed by atoms with Gasteiger partial charge < -0.3 is 0 Å². The fraction of sp³-hybridized carbons (Fsp3) is 0. The highest BCUT2D eigenvalue weighted by molar-refractivity contribution is 8.10. The van der Waals surface area contributed by atoms with Crippen LogP contribution in [-0.2, 0) is 11.8 Å². The maximum atomic E-state index is 5.20. The fourth-order valence-corrected chi connectivity index (χ4v) is 1.74. The molecule has 0 aromatic heterocycles. The van der Waals surface area contributed by atoms with Crippen molar-refractivity contribution in [2.45, 2.75) is 0 Å². The van der Waals surface area contributed by atoms with Crippen molar-refractivity contribution in [3.63, 3.8) is 0 Å². The van der Waals surface area contributed by atoms with Gasteiger partial charge in [0.05, 0.1) is 0 Å². The SMILES string of the molecule is C#C[PH](=S)c1ccccc1. The maximum absolute atomic E-state index is 5.20. The summed E-state index contributed by atoms with van der Waals surface area (Å²) in [6.45, 7) is -1.10. The zero-order valence-corrected chi connectivity index (χ0v) is 7.19. The van der Waals surface area contributed by atoms with Gasteiger partial charge >= 0.3 is 0 Å². The molecule has 1 rings (SSSR count). The van der Waals surface area contributed by atoms with Crippen molar-refractivity contribution in [1.29, 1.82) is 0 Å². The first kappa shape index (κ1) is 7.54. The van der Waals surface area contributed by atoms with E-state index in [9.17, 15) is 0 Å². The Hall–Kier alpha value is -0.570. The van der Waals surface area contributed by atoms with Gasteiger partial charge in [0.1, 0.15) is 0 Å².